The van der Waals surface area contributed by atoms with Crippen LogP contribution in [0.15, 0.2) is 0 Å². The minimum absolute atomic E-state index is 0.212. The van der Waals surface area contributed by atoms with Crippen molar-refractivity contribution >= 4 is 12.1 Å². The van der Waals surface area contributed by atoms with Gasteiger partial charge in [-0.25, -0.2) is 0 Å². The Morgan fingerprint density at radius 2 is 2.35 bits per heavy atom. The van der Waals surface area contributed by atoms with E-state index in [1.807, 2.05) is 14.0 Å². The van der Waals surface area contributed by atoms with Crippen molar-refractivity contribution in [3.05, 3.63) is 11.3 Å². The van der Waals surface area contributed by atoms with Crippen LogP contribution < -0.4 is 4.90 Å². The monoisotopic (exact) mass is 237 g/mol. The first-order valence-corrected chi connectivity index (χ1v) is 6.02. The number of aromatic nitrogens is 2. The Bertz CT molecular complexity index is 414. The predicted molar refractivity (Wildman–Crippen MR) is 65.4 cm³/mol. The summed E-state index contributed by atoms with van der Waals surface area (Å²) in [5.41, 5.74) is 1.44. The number of anilines is 1. The molecule has 94 valence electrons. The molecule has 1 fully saturated rings. The molecule has 1 unspecified atom stereocenters. The molecule has 2 heterocycles. The van der Waals surface area contributed by atoms with E-state index in [4.69, 9.17) is 0 Å². The van der Waals surface area contributed by atoms with Crippen LogP contribution in [0.3, 0.4) is 0 Å². The Kier molecular flexibility index (Phi) is 3.47. The number of aliphatic hydroxyl groups excluding tert-OH is 1. The van der Waals surface area contributed by atoms with Gasteiger partial charge in [0.2, 0.25) is 0 Å². The summed E-state index contributed by atoms with van der Waals surface area (Å²) in [4.78, 5) is 13.3. The van der Waals surface area contributed by atoms with E-state index in [1.54, 1.807) is 4.68 Å². The first-order valence-electron chi connectivity index (χ1n) is 6.02. The van der Waals surface area contributed by atoms with Gasteiger partial charge in [0.05, 0.1) is 11.3 Å². The quantitative estimate of drug-likeness (QED) is 0.788. The molecule has 0 aromatic carbocycles. The average Bonchev–Trinajstić information content (AvgIpc) is 2.63. The Labute approximate surface area is 101 Å². The van der Waals surface area contributed by atoms with Gasteiger partial charge in [-0.3, -0.25) is 9.48 Å². The SMILES string of the molecule is Cc1nn(C)c(N2CCCC(CO)C2)c1C=O. The lowest BCUT2D eigenvalue weighted by Crippen LogP contribution is -2.38. The smallest absolute Gasteiger partial charge is 0.155 e. The summed E-state index contributed by atoms with van der Waals surface area (Å²) >= 11 is 0. The summed E-state index contributed by atoms with van der Waals surface area (Å²) in [6.07, 6.45) is 2.98. The zero-order chi connectivity index (χ0) is 12.4. The van der Waals surface area contributed by atoms with Crippen LogP contribution in [0.4, 0.5) is 5.82 Å². The van der Waals surface area contributed by atoms with Crippen molar-refractivity contribution in [3.8, 4) is 0 Å². The normalized spacial score (nSPS) is 20.6. The van der Waals surface area contributed by atoms with Gasteiger partial charge in [-0.15, -0.1) is 0 Å². The van der Waals surface area contributed by atoms with Crippen molar-refractivity contribution in [3.63, 3.8) is 0 Å². The second-order valence-corrected chi connectivity index (χ2v) is 4.70. The molecule has 1 aliphatic heterocycles. The van der Waals surface area contributed by atoms with Crippen LogP contribution in [-0.2, 0) is 7.05 Å². The third-order valence-corrected chi connectivity index (χ3v) is 3.43. The molecular weight excluding hydrogens is 218 g/mol. The van der Waals surface area contributed by atoms with E-state index >= 15 is 0 Å². The molecule has 0 aliphatic carbocycles. The zero-order valence-electron chi connectivity index (χ0n) is 10.4. The fourth-order valence-corrected chi connectivity index (χ4v) is 2.58. The van der Waals surface area contributed by atoms with Crippen LogP contribution in [0.5, 0.6) is 0 Å². The molecule has 5 nitrogen and oxygen atoms in total. The number of rotatable bonds is 3. The van der Waals surface area contributed by atoms with Crippen molar-refractivity contribution in [2.24, 2.45) is 13.0 Å². The van der Waals surface area contributed by atoms with Gasteiger partial charge >= 0.3 is 0 Å². The number of hydrogen-bond donors (Lipinski definition) is 1. The number of aliphatic hydroxyl groups is 1. The van der Waals surface area contributed by atoms with E-state index in [9.17, 15) is 9.90 Å². The summed E-state index contributed by atoms with van der Waals surface area (Å²) in [7, 11) is 1.86. The standard InChI is InChI=1S/C12H19N3O2/c1-9-11(8-17)12(14(2)13-9)15-5-3-4-10(6-15)7-16/h8,10,16H,3-7H2,1-2H3. The van der Waals surface area contributed by atoms with E-state index in [0.717, 1.165) is 43.7 Å². The first kappa shape index (κ1) is 12.1. The Morgan fingerprint density at radius 1 is 1.59 bits per heavy atom. The highest BCUT2D eigenvalue weighted by Crippen LogP contribution is 2.26. The van der Waals surface area contributed by atoms with Crippen LogP contribution in [0.2, 0.25) is 0 Å². The molecule has 1 N–H and O–H groups in total. The van der Waals surface area contributed by atoms with E-state index < -0.39 is 0 Å². The molecule has 1 atom stereocenters. The zero-order valence-corrected chi connectivity index (χ0v) is 10.4. The van der Waals surface area contributed by atoms with Crippen LogP contribution in [0, 0.1) is 12.8 Å². The molecule has 5 heteroatoms. The molecule has 1 aromatic heterocycles. The summed E-state index contributed by atoms with van der Waals surface area (Å²) in [6.45, 7) is 3.79. The minimum atomic E-state index is 0.212. The second-order valence-electron chi connectivity index (χ2n) is 4.70. The molecule has 1 aliphatic rings. The van der Waals surface area contributed by atoms with Crippen molar-refractivity contribution in [2.45, 2.75) is 19.8 Å². The third-order valence-electron chi connectivity index (χ3n) is 3.43. The van der Waals surface area contributed by atoms with Crippen LogP contribution in [-0.4, -0.2) is 40.9 Å². The summed E-state index contributed by atoms with van der Waals surface area (Å²) in [5, 5.41) is 13.5. The maximum atomic E-state index is 11.1. The minimum Gasteiger partial charge on any atom is -0.396 e. The second kappa shape index (κ2) is 4.87. The number of piperidine rings is 1. The number of aldehydes is 1. The van der Waals surface area contributed by atoms with E-state index in [2.05, 4.69) is 10.00 Å². The lowest BCUT2D eigenvalue weighted by molar-refractivity contribution is 0.112. The van der Waals surface area contributed by atoms with Gasteiger partial charge in [-0.1, -0.05) is 0 Å². The molecule has 1 aromatic rings. The Morgan fingerprint density at radius 3 is 3.00 bits per heavy atom. The van der Waals surface area contributed by atoms with Gasteiger partial charge in [0.25, 0.3) is 0 Å². The van der Waals surface area contributed by atoms with Gasteiger partial charge in [0, 0.05) is 26.7 Å². The highest BCUT2D eigenvalue weighted by molar-refractivity contribution is 5.84. The van der Waals surface area contributed by atoms with Crippen LogP contribution in [0.25, 0.3) is 0 Å². The van der Waals surface area contributed by atoms with Crippen LogP contribution >= 0.6 is 0 Å². The highest BCUT2D eigenvalue weighted by Gasteiger charge is 2.24. The van der Waals surface area contributed by atoms with E-state index in [0.29, 0.717) is 11.5 Å². The fraction of sp³-hybridized carbons (Fsp3) is 0.667. The molecule has 1 saturated heterocycles. The third kappa shape index (κ3) is 2.20. The highest BCUT2D eigenvalue weighted by atomic mass is 16.3. The van der Waals surface area contributed by atoms with E-state index in [-0.39, 0.29) is 6.61 Å². The largest absolute Gasteiger partial charge is 0.396 e. The number of carbonyl (C=O) groups excluding carboxylic acids is 1. The molecular formula is C12H19N3O2. The number of hydrogen-bond acceptors (Lipinski definition) is 4. The predicted octanol–water partition coefficient (Wildman–Crippen LogP) is 0.750. The van der Waals surface area contributed by atoms with Crippen molar-refractivity contribution < 1.29 is 9.90 Å². The lowest BCUT2D eigenvalue weighted by Gasteiger charge is -2.33. The summed E-state index contributed by atoms with van der Waals surface area (Å²) in [6, 6.07) is 0. The van der Waals surface area contributed by atoms with Crippen LogP contribution in [0.1, 0.15) is 28.9 Å². The lowest BCUT2D eigenvalue weighted by atomic mass is 9.99. The van der Waals surface area contributed by atoms with Crippen molar-refractivity contribution in [2.75, 3.05) is 24.6 Å². The van der Waals surface area contributed by atoms with Gasteiger partial charge in [0.1, 0.15) is 5.82 Å². The molecule has 0 bridgehead atoms. The van der Waals surface area contributed by atoms with Crippen molar-refractivity contribution in [1.29, 1.82) is 0 Å². The Hall–Kier alpha value is -1.36. The molecule has 0 spiro atoms. The Balaban J connectivity index is 2.29. The molecule has 0 saturated carbocycles. The molecule has 0 radical (unpaired) electrons. The number of aryl methyl sites for hydroxylation is 2. The van der Waals surface area contributed by atoms with Crippen molar-refractivity contribution in [1.82, 2.24) is 9.78 Å². The number of nitrogens with zero attached hydrogens (tertiary/aromatic N) is 3. The van der Waals surface area contributed by atoms with E-state index in [1.165, 1.54) is 0 Å². The maximum Gasteiger partial charge on any atom is 0.155 e. The first-order chi connectivity index (χ1) is 8.17. The molecule has 2 rings (SSSR count). The van der Waals surface area contributed by atoms with Gasteiger partial charge in [-0.05, 0) is 25.7 Å². The fourth-order valence-electron chi connectivity index (χ4n) is 2.58. The summed E-state index contributed by atoms with van der Waals surface area (Å²) in [5.74, 6) is 1.19. The summed E-state index contributed by atoms with van der Waals surface area (Å²) < 4.78 is 1.76. The van der Waals surface area contributed by atoms with Gasteiger partial charge < -0.3 is 10.0 Å². The molecule has 17 heavy (non-hydrogen) atoms. The molecule has 0 amide bonds. The topological polar surface area (TPSA) is 58.4 Å². The van der Waals surface area contributed by atoms with Gasteiger partial charge in [0.15, 0.2) is 6.29 Å². The number of carbonyl (C=O) groups is 1. The van der Waals surface area contributed by atoms with Gasteiger partial charge in [-0.2, -0.15) is 5.10 Å². The average molecular weight is 237 g/mol. The maximum absolute atomic E-state index is 11.1.